The minimum Gasteiger partial charge on any atom is -0.479 e. The van der Waals surface area contributed by atoms with E-state index in [0.29, 0.717) is 18.7 Å². The van der Waals surface area contributed by atoms with E-state index in [1.54, 1.807) is 0 Å². The molecule has 0 bridgehead atoms. The van der Waals surface area contributed by atoms with Crippen LogP contribution < -0.4 is 10.6 Å². The van der Waals surface area contributed by atoms with E-state index in [9.17, 15) is 19.1 Å². The van der Waals surface area contributed by atoms with Crippen LogP contribution in [0, 0.1) is 5.82 Å². The van der Waals surface area contributed by atoms with Crippen molar-refractivity contribution in [2.75, 3.05) is 25.6 Å². The van der Waals surface area contributed by atoms with Crippen LogP contribution >= 0.6 is 0 Å². The zero-order valence-corrected chi connectivity index (χ0v) is 10.9. The molecule has 0 aliphatic carbocycles. The standard InChI is InChI=1S/C13H15FN2O4/c1-15-11(17)9-3-2-8(6-10(9)14)16-13(12(18)19)4-5-20-7-13/h2-3,6,16H,4-5,7H2,1H3,(H,15,17)(H,18,19). The first-order chi connectivity index (χ1) is 9.48. The van der Waals surface area contributed by atoms with E-state index in [4.69, 9.17) is 4.74 Å². The second-order valence-corrected chi connectivity index (χ2v) is 4.59. The van der Waals surface area contributed by atoms with E-state index in [-0.39, 0.29) is 12.2 Å². The fourth-order valence-electron chi connectivity index (χ4n) is 2.07. The van der Waals surface area contributed by atoms with Gasteiger partial charge >= 0.3 is 5.97 Å². The summed E-state index contributed by atoms with van der Waals surface area (Å²) in [7, 11) is 1.41. The molecule has 108 valence electrons. The topological polar surface area (TPSA) is 87.7 Å². The minimum atomic E-state index is -1.25. The normalized spacial score (nSPS) is 21.5. The largest absolute Gasteiger partial charge is 0.479 e. The van der Waals surface area contributed by atoms with Gasteiger partial charge in [-0.25, -0.2) is 9.18 Å². The lowest BCUT2D eigenvalue weighted by Crippen LogP contribution is -2.47. The molecule has 0 spiro atoms. The van der Waals surface area contributed by atoms with Gasteiger partial charge in [-0.2, -0.15) is 0 Å². The first kappa shape index (κ1) is 14.3. The van der Waals surface area contributed by atoms with Crippen LogP contribution in [-0.2, 0) is 9.53 Å². The molecule has 1 amide bonds. The van der Waals surface area contributed by atoms with Gasteiger partial charge in [0.25, 0.3) is 5.91 Å². The summed E-state index contributed by atoms with van der Waals surface area (Å²) < 4.78 is 18.9. The number of hydrogen-bond donors (Lipinski definition) is 3. The molecule has 1 heterocycles. The van der Waals surface area contributed by atoms with E-state index < -0.39 is 23.2 Å². The number of nitrogens with one attached hydrogen (secondary N) is 2. The molecule has 1 fully saturated rings. The van der Waals surface area contributed by atoms with Gasteiger partial charge in [-0.05, 0) is 18.2 Å². The first-order valence-corrected chi connectivity index (χ1v) is 6.09. The predicted molar refractivity (Wildman–Crippen MR) is 69.2 cm³/mol. The van der Waals surface area contributed by atoms with Gasteiger partial charge in [0.1, 0.15) is 5.82 Å². The highest BCUT2D eigenvalue weighted by Gasteiger charge is 2.42. The highest BCUT2D eigenvalue weighted by atomic mass is 19.1. The maximum atomic E-state index is 13.8. The SMILES string of the molecule is CNC(=O)c1ccc(NC2(C(=O)O)CCOC2)cc1F. The van der Waals surface area contributed by atoms with E-state index >= 15 is 0 Å². The lowest BCUT2D eigenvalue weighted by Gasteiger charge is -2.25. The number of halogens is 1. The molecule has 1 aromatic carbocycles. The highest BCUT2D eigenvalue weighted by molar-refractivity contribution is 5.94. The summed E-state index contributed by atoms with van der Waals surface area (Å²) in [5.74, 6) is -2.30. The van der Waals surface area contributed by atoms with Crippen LogP contribution in [0.15, 0.2) is 18.2 Å². The van der Waals surface area contributed by atoms with Gasteiger partial charge in [0, 0.05) is 25.8 Å². The Kier molecular flexibility index (Phi) is 3.89. The van der Waals surface area contributed by atoms with Gasteiger partial charge in [0.2, 0.25) is 0 Å². The Bertz CT molecular complexity index is 541. The number of carbonyl (C=O) groups is 2. The molecule has 2 rings (SSSR count). The monoisotopic (exact) mass is 282 g/mol. The quantitative estimate of drug-likeness (QED) is 0.761. The number of hydrogen-bond acceptors (Lipinski definition) is 4. The molecule has 1 atom stereocenters. The Balaban J connectivity index is 2.24. The third kappa shape index (κ3) is 2.57. The van der Waals surface area contributed by atoms with E-state index in [0.717, 1.165) is 6.07 Å². The maximum absolute atomic E-state index is 13.8. The van der Waals surface area contributed by atoms with E-state index in [2.05, 4.69) is 10.6 Å². The van der Waals surface area contributed by atoms with Crippen LogP contribution in [0.2, 0.25) is 0 Å². The van der Waals surface area contributed by atoms with Crippen LogP contribution in [0.5, 0.6) is 0 Å². The van der Waals surface area contributed by atoms with Crippen molar-refractivity contribution in [3.63, 3.8) is 0 Å². The summed E-state index contributed by atoms with van der Waals surface area (Å²) in [6.07, 6.45) is 0.293. The van der Waals surface area contributed by atoms with Gasteiger partial charge in [0.15, 0.2) is 5.54 Å². The number of benzene rings is 1. The van der Waals surface area contributed by atoms with Crippen LogP contribution in [0.25, 0.3) is 0 Å². The lowest BCUT2D eigenvalue weighted by atomic mass is 9.98. The third-order valence-corrected chi connectivity index (χ3v) is 3.26. The van der Waals surface area contributed by atoms with Crippen molar-refractivity contribution in [1.29, 1.82) is 0 Å². The molecular formula is C13H15FN2O4. The summed E-state index contributed by atoms with van der Waals surface area (Å²) >= 11 is 0. The summed E-state index contributed by atoms with van der Waals surface area (Å²) in [5.41, 5.74) is -1.05. The van der Waals surface area contributed by atoms with Gasteiger partial charge in [-0.3, -0.25) is 4.79 Å². The fraction of sp³-hybridized carbons (Fsp3) is 0.385. The molecular weight excluding hydrogens is 267 g/mol. The Morgan fingerprint density at radius 1 is 1.45 bits per heavy atom. The summed E-state index contributed by atoms with van der Waals surface area (Å²) in [6, 6.07) is 3.88. The summed E-state index contributed by atoms with van der Waals surface area (Å²) in [6.45, 7) is 0.346. The molecule has 1 unspecified atom stereocenters. The molecule has 0 radical (unpaired) electrons. The van der Waals surface area contributed by atoms with Gasteiger partial charge in [-0.15, -0.1) is 0 Å². The highest BCUT2D eigenvalue weighted by Crippen LogP contribution is 2.26. The lowest BCUT2D eigenvalue weighted by molar-refractivity contribution is -0.142. The van der Waals surface area contributed by atoms with Crippen molar-refractivity contribution in [3.05, 3.63) is 29.6 Å². The molecule has 7 heteroatoms. The average molecular weight is 282 g/mol. The van der Waals surface area contributed by atoms with Crippen molar-refractivity contribution in [2.24, 2.45) is 0 Å². The first-order valence-electron chi connectivity index (χ1n) is 6.09. The smallest absolute Gasteiger partial charge is 0.331 e. The van der Waals surface area contributed by atoms with Crippen LogP contribution in [-0.4, -0.2) is 42.8 Å². The zero-order valence-electron chi connectivity index (χ0n) is 10.9. The number of aliphatic carboxylic acids is 1. The van der Waals surface area contributed by atoms with Crippen LogP contribution in [0.4, 0.5) is 10.1 Å². The number of carbonyl (C=O) groups excluding carboxylic acids is 1. The fourth-order valence-corrected chi connectivity index (χ4v) is 2.07. The van der Waals surface area contributed by atoms with Crippen molar-refractivity contribution in [3.8, 4) is 0 Å². The number of rotatable bonds is 4. The Morgan fingerprint density at radius 2 is 2.20 bits per heavy atom. The third-order valence-electron chi connectivity index (χ3n) is 3.26. The number of anilines is 1. The number of amides is 1. The Labute approximate surface area is 114 Å². The van der Waals surface area contributed by atoms with Crippen molar-refractivity contribution in [2.45, 2.75) is 12.0 Å². The number of carboxylic acids is 1. The molecule has 20 heavy (non-hydrogen) atoms. The van der Waals surface area contributed by atoms with Crippen LogP contribution in [0.3, 0.4) is 0 Å². The van der Waals surface area contributed by atoms with E-state index in [1.165, 1.54) is 19.2 Å². The van der Waals surface area contributed by atoms with Crippen molar-refractivity contribution < 1.29 is 23.8 Å². The van der Waals surface area contributed by atoms with E-state index in [1.807, 2.05) is 0 Å². The molecule has 1 aliphatic heterocycles. The molecule has 6 nitrogen and oxygen atoms in total. The number of ether oxygens (including phenoxy) is 1. The molecule has 0 saturated carbocycles. The van der Waals surface area contributed by atoms with Gasteiger partial charge in [0.05, 0.1) is 12.2 Å². The number of carboxylic acid groups (broad SMARTS) is 1. The molecule has 0 aromatic heterocycles. The molecule has 3 N–H and O–H groups in total. The second-order valence-electron chi connectivity index (χ2n) is 4.59. The summed E-state index contributed by atoms with van der Waals surface area (Å²) in [4.78, 5) is 22.7. The average Bonchev–Trinajstić information content (AvgIpc) is 2.88. The molecule has 1 aromatic rings. The molecule has 1 saturated heterocycles. The van der Waals surface area contributed by atoms with Gasteiger partial charge < -0.3 is 20.5 Å². The molecule has 1 aliphatic rings. The van der Waals surface area contributed by atoms with Crippen molar-refractivity contribution in [1.82, 2.24) is 5.32 Å². The minimum absolute atomic E-state index is 0.0150. The maximum Gasteiger partial charge on any atom is 0.331 e. The Hall–Kier alpha value is -2.15. The van der Waals surface area contributed by atoms with Crippen LogP contribution in [0.1, 0.15) is 16.8 Å². The summed E-state index contributed by atoms with van der Waals surface area (Å²) in [5, 5.41) is 14.4. The second kappa shape index (κ2) is 5.46. The predicted octanol–water partition coefficient (Wildman–Crippen LogP) is 0.841. The van der Waals surface area contributed by atoms with Gasteiger partial charge in [-0.1, -0.05) is 0 Å². The zero-order chi connectivity index (χ0) is 14.8. The Morgan fingerprint density at radius 3 is 2.70 bits per heavy atom. The van der Waals surface area contributed by atoms with Crippen molar-refractivity contribution >= 4 is 17.6 Å².